The van der Waals surface area contributed by atoms with Gasteiger partial charge in [-0.05, 0) is 6.07 Å². The van der Waals surface area contributed by atoms with E-state index in [0.29, 0.717) is 18.8 Å². The molecule has 1 amide bonds. The Balaban J connectivity index is 1.38. The Labute approximate surface area is 144 Å². The number of amides is 1. The summed E-state index contributed by atoms with van der Waals surface area (Å²) < 4.78 is 0. The van der Waals surface area contributed by atoms with Gasteiger partial charge >= 0.3 is 0 Å². The zero-order valence-corrected chi connectivity index (χ0v) is 14.2. The maximum Gasteiger partial charge on any atom is 0.270 e. The maximum absolute atomic E-state index is 12.0. The summed E-state index contributed by atoms with van der Waals surface area (Å²) in [6, 6.07) is 1.82. The molecule has 2 aromatic rings. The minimum Gasteiger partial charge on any atom is -0.349 e. The lowest BCUT2D eigenvalue weighted by Gasteiger charge is -2.34. The Morgan fingerprint density at radius 3 is 2.67 bits per heavy atom. The number of nitrogens with one attached hydrogen (secondary N) is 1. The summed E-state index contributed by atoms with van der Waals surface area (Å²) in [4.78, 5) is 29.3. The summed E-state index contributed by atoms with van der Waals surface area (Å²) in [6.45, 7) is 5.45. The van der Waals surface area contributed by atoms with Crippen LogP contribution in [0.5, 0.6) is 0 Å². The molecule has 1 aliphatic rings. The zero-order chi connectivity index (χ0) is 16.8. The molecule has 0 spiro atoms. The summed E-state index contributed by atoms with van der Waals surface area (Å²) in [5.41, 5.74) is 5.96. The van der Waals surface area contributed by atoms with E-state index in [1.807, 2.05) is 6.07 Å². The van der Waals surface area contributed by atoms with Crippen molar-refractivity contribution in [2.45, 2.75) is 6.54 Å². The van der Waals surface area contributed by atoms with Crippen molar-refractivity contribution in [3.05, 3.63) is 34.5 Å². The van der Waals surface area contributed by atoms with E-state index in [2.05, 4.69) is 30.1 Å². The van der Waals surface area contributed by atoms with Crippen molar-refractivity contribution < 1.29 is 4.79 Å². The molecule has 3 N–H and O–H groups in total. The molecule has 0 radical (unpaired) electrons. The molecular weight excluding hydrogens is 326 g/mol. The van der Waals surface area contributed by atoms with Crippen LogP contribution in [0.25, 0.3) is 0 Å². The van der Waals surface area contributed by atoms with Gasteiger partial charge in [0.25, 0.3) is 5.91 Å². The summed E-state index contributed by atoms with van der Waals surface area (Å²) in [5.74, 6) is 0.645. The molecule has 0 aliphatic carbocycles. The molecular formula is C15H21N7OS. The third kappa shape index (κ3) is 4.25. The van der Waals surface area contributed by atoms with Crippen molar-refractivity contribution >= 4 is 23.2 Å². The van der Waals surface area contributed by atoms with Crippen molar-refractivity contribution in [2.24, 2.45) is 5.73 Å². The van der Waals surface area contributed by atoms with Gasteiger partial charge in [-0.3, -0.25) is 9.69 Å². The number of carbonyl (C=O) groups is 1. The fourth-order valence-corrected chi connectivity index (χ4v) is 3.21. The second kappa shape index (κ2) is 8.13. The van der Waals surface area contributed by atoms with Gasteiger partial charge in [-0.15, -0.1) is 11.3 Å². The van der Waals surface area contributed by atoms with Crippen LogP contribution in [-0.4, -0.2) is 65.0 Å². The largest absolute Gasteiger partial charge is 0.349 e. The van der Waals surface area contributed by atoms with Gasteiger partial charge in [-0.1, -0.05) is 0 Å². The average Bonchev–Trinajstić information content (AvgIpc) is 3.12. The van der Waals surface area contributed by atoms with Crippen LogP contribution in [0.3, 0.4) is 0 Å². The number of hydrogen-bond acceptors (Lipinski definition) is 8. The van der Waals surface area contributed by atoms with Gasteiger partial charge in [0.05, 0.1) is 0 Å². The lowest BCUT2D eigenvalue weighted by molar-refractivity contribution is 0.0943. The van der Waals surface area contributed by atoms with Gasteiger partial charge < -0.3 is 16.0 Å². The molecule has 0 atom stereocenters. The van der Waals surface area contributed by atoms with Crippen LogP contribution in [0.4, 0.5) is 5.95 Å². The Kier molecular flexibility index (Phi) is 5.68. The number of nitrogens with two attached hydrogens (primary N) is 1. The number of rotatable bonds is 6. The molecule has 3 heterocycles. The minimum atomic E-state index is -0.137. The molecule has 0 bridgehead atoms. The Bertz CT molecular complexity index is 655. The Morgan fingerprint density at radius 2 is 2.00 bits per heavy atom. The standard InChI is InChI=1S/C15H21N7OS/c16-10-13-20-12(11-24-13)14(23)17-4-5-21-6-8-22(9-7-21)15-18-2-1-3-19-15/h1-3,11H,4-10,16H2,(H,17,23). The predicted octanol–water partition coefficient (Wildman–Crippen LogP) is -0.0562. The smallest absolute Gasteiger partial charge is 0.270 e. The highest BCUT2D eigenvalue weighted by molar-refractivity contribution is 7.09. The third-order valence-corrected chi connectivity index (χ3v) is 4.75. The average molecular weight is 347 g/mol. The lowest BCUT2D eigenvalue weighted by atomic mass is 10.3. The second-order valence-corrected chi connectivity index (χ2v) is 6.41. The highest BCUT2D eigenvalue weighted by atomic mass is 32.1. The molecule has 2 aromatic heterocycles. The van der Waals surface area contributed by atoms with Gasteiger partial charge in [0, 0.05) is 63.6 Å². The molecule has 0 unspecified atom stereocenters. The minimum absolute atomic E-state index is 0.137. The third-order valence-electron chi connectivity index (χ3n) is 3.88. The van der Waals surface area contributed by atoms with E-state index in [-0.39, 0.29) is 5.91 Å². The fourth-order valence-electron chi connectivity index (χ4n) is 2.55. The van der Waals surface area contributed by atoms with Gasteiger partial charge in [-0.25, -0.2) is 15.0 Å². The van der Waals surface area contributed by atoms with Crippen molar-refractivity contribution in [3.63, 3.8) is 0 Å². The molecule has 8 nitrogen and oxygen atoms in total. The van der Waals surface area contributed by atoms with Crippen LogP contribution < -0.4 is 16.0 Å². The zero-order valence-electron chi connectivity index (χ0n) is 13.4. The highest BCUT2D eigenvalue weighted by Crippen LogP contribution is 2.10. The van der Waals surface area contributed by atoms with Gasteiger partial charge in [0.2, 0.25) is 5.95 Å². The molecule has 0 saturated carbocycles. The normalized spacial score (nSPS) is 15.5. The van der Waals surface area contributed by atoms with Crippen molar-refractivity contribution in [2.75, 3.05) is 44.2 Å². The van der Waals surface area contributed by atoms with E-state index < -0.39 is 0 Å². The fraction of sp³-hybridized carbons (Fsp3) is 0.467. The SMILES string of the molecule is NCc1nc(C(=O)NCCN2CCN(c3ncccn3)CC2)cs1. The monoisotopic (exact) mass is 347 g/mol. The number of anilines is 1. The Morgan fingerprint density at radius 1 is 1.25 bits per heavy atom. The predicted molar refractivity (Wildman–Crippen MR) is 93.0 cm³/mol. The van der Waals surface area contributed by atoms with Crippen molar-refractivity contribution in [1.29, 1.82) is 0 Å². The van der Waals surface area contributed by atoms with Crippen LogP contribution in [0.1, 0.15) is 15.5 Å². The van der Waals surface area contributed by atoms with Crippen LogP contribution >= 0.6 is 11.3 Å². The number of nitrogens with zero attached hydrogens (tertiary/aromatic N) is 5. The maximum atomic E-state index is 12.0. The highest BCUT2D eigenvalue weighted by Gasteiger charge is 2.18. The molecule has 1 aliphatic heterocycles. The number of aromatic nitrogens is 3. The topological polar surface area (TPSA) is 100 Å². The first-order valence-corrected chi connectivity index (χ1v) is 8.81. The van der Waals surface area contributed by atoms with Gasteiger partial charge in [0.1, 0.15) is 10.7 Å². The first-order chi connectivity index (χ1) is 11.8. The molecule has 0 aromatic carbocycles. The van der Waals surface area contributed by atoms with Crippen molar-refractivity contribution in [3.8, 4) is 0 Å². The summed E-state index contributed by atoms with van der Waals surface area (Å²) in [6.07, 6.45) is 3.53. The van der Waals surface area contributed by atoms with E-state index >= 15 is 0 Å². The number of carbonyl (C=O) groups excluding carboxylic acids is 1. The van der Waals surface area contributed by atoms with Crippen molar-refractivity contribution in [1.82, 2.24) is 25.2 Å². The molecule has 1 saturated heterocycles. The van der Waals surface area contributed by atoms with Gasteiger partial charge in [-0.2, -0.15) is 0 Å². The quantitative estimate of drug-likeness (QED) is 0.755. The molecule has 24 heavy (non-hydrogen) atoms. The second-order valence-electron chi connectivity index (χ2n) is 5.46. The molecule has 128 valence electrons. The number of piperazine rings is 1. The Hall–Kier alpha value is -2.10. The van der Waals surface area contributed by atoms with Crippen LogP contribution in [-0.2, 0) is 6.54 Å². The number of thiazole rings is 1. The van der Waals surface area contributed by atoms with E-state index in [1.165, 1.54) is 11.3 Å². The van der Waals surface area contributed by atoms with E-state index in [1.54, 1.807) is 17.8 Å². The summed E-state index contributed by atoms with van der Waals surface area (Å²) >= 11 is 1.41. The summed E-state index contributed by atoms with van der Waals surface area (Å²) in [5, 5.41) is 5.43. The van der Waals surface area contributed by atoms with E-state index in [9.17, 15) is 4.79 Å². The molecule has 9 heteroatoms. The van der Waals surface area contributed by atoms with Gasteiger partial charge in [0.15, 0.2) is 0 Å². The molecule has 3 rings (SSSR count). The van der Waals surface area contributed by atoms with E-state index in [0.717, 1.165) is 43.7 Å². The number of hydrogen-bond donors (Lipinski definition) is 2. The van der Waals surface area contributed by atoms with Crippen LogP contribution in [0, 0.1) is 0 Å². The first kappa shape index (κ1) is 16.7. The lowest BCUT2D eigenvalue weighted by Crippen LogP contribution is -2.49. The van der Waals surface area contributed by atoms with Crippen LogP contribution in [0.2, 0.25) is 0 Å². The van der Waals surface area contributed by atoms with E-state index in [4.69, 9.17) is 5.73 Å². The first-order valence-electron chi connectivity index (χ1n) is 7.93. The summed E-state index contributed by atoms with van der Waals surface area (Å²) in [7, 11) is 0. The molecule has 1 fully saturated rings. The van der Waals surface area contributed by atoms with Crippen LogP contribution in [0.15, 0.2) is 23.8 Å².